The molecule has 0 atom stereocenters. The number of nitrogens with one attached hydrogen (secondary N) is 1. The van der Waals surface area contributed by atoms with E-state index < -0.39 is 0 Å². The zero-order chi connectivity index (χ0) is 19.4. The molecule has 1 saturated heterocycles. The Morgan fingerprint density at radius 3 is 2.59 bits per heavy atom. The van der Waals surface area contributed by atoms with Gasteiger partial charge in [0.15, 0.2) is 0 Å². The van der Waals surface area contributed by atoms with Gasteiger partial charge in [0.25, 0.3) is 5.56 Å². The third-order valence-electron chi connectivity index (χ3n) is 4.95. The molecule has 0 bridgehead atoms. The summed E-state index contributed by atoms with van der Waals surface area (Å²) < 4.78 is 20.2. The van der Waals surface area contributed by atoms with E-state index in [1.807, 2.05) is 0 Å². The lowest BCUT2D eigenvalue weighted by molar-refractivity contribution is 0.248. The van der Waals surface area contributed by atoms with E-state index in [-0.39, 0.29) is 17.1 Å². The fourth-order valence-corrected chi connectivity index (χ4v) is 3.39. The number of rotatable bonds is 6. The predicted molar refractivity (Wildman–Crippen MR) is 102 cm³/mol. The highest BCUT2D eigenvalue weighted by atomic mass is 19.1. The number of aromatic nitrogens is 2. The van der Waals surface area contributed by atoms with Crippen LogP contribution < -0.4 is 20.9 Å². The lowest BCUT2D eigenvalue weighted by atomic mass is 10.2. The summed E-state index contributed by atoms with van der Waals surface area (Å²) in [6.45, 7) is 6.09. The van der Waals surface area contributed by atoms with Crippen LogP contribution >= 0.6 is 0 Å². The summed E-state index contributed by atoms with van der Waals surface area (Å²) in [7, 11) is 1.59. The minimum absolute atomic E-state index is 0.234. The Kier molecular flexibility index (Phi) is 5.95. The van der Waals surface area contributed by atoms with Crippen molar-refractivity contribution in [2.24, 2.45) is 0 Å². The quantitative estimate of drug-likeness (QED) is 0.821. The van der Waals surface area contributed by atoms with Crippen molar-refractivity contribution in [2.75, 3.05) is 44.7 Å². The Morgan fingerprint density at radius 1 is 1.15 bits per heavy atom. The van der Waals surface area contributed by atoms with E-state index in [0.717, 1.165) is 44.8 Å². The van der Waals surface area contributed by atoms with E-state index in [2.05, 4.69) is 14.8 Å². The number of benzene rings is 1. The van der Waals surface area contributed by atoms with Crippen molar-refractivity contribution in [3.63, 3.8) is 0 Å². The van der Waals surface area contributed by atoms with Crippen LogP contribution in [0.2, 0.25) is 0 Å². The molecular formula is C19H25FN4O3. The van der Waals surface area contributed by atoms with Crippen LogP contribution in [0, 0.1) is 12.7 Å². The summed E-state index contributed by atoms with van der Waals surface area (Å²) in [5.74, 6) is 0.393. The molecule has 2 heterocycles. The number of H-pyrrole nitrogens is 1. The number of aryl methyl sites for hydroxylation is 1. The van der Waals surface area contributed by atoms with Gasteiger partial charge in [0, 0.05) is 50.6 Å². The van der Waals surface area contributed by atoms with Crippen molar-refractivity contribution in [3.8, 4) is 5.75 Å². The topological polar surface area (TPSA) is 70.6 Å². The smallest absolute Gasteiger partial charge is 0.328 e. The molecule has 1 aliphatic rings. The molecule has 1 aliphatic heterocycles. The van der Waals surface area contributed by atoms with Crippen molar-refractivity contribution in [3.05, 3.63) is 56.6 Å². The number of hydrogen-bond donors (Lipinski definition) is 1. The Balaban J connectivity index is 1.54. The van der Waals surface area contributed by atoms with Crippen LogP contribution in [0.15, 0.2) is 34.0 Å². The zero-order valence-corrected chi connectivity index (χ0v) is 15.7. The lowest BCUT2D eigenvalue weighted by Crippen LogP contribution is -2.47. The average Bonchev–Trinajstić information content (AvgIpc) is 2.68. The molecule has 2 aromatic rings. The number of hydrogen-bond acceptors (Lipinski definition) is 5. The molecule has 1 N–H and O–H groups in total. The van der Waals surface area contributed by atoms with Gasteiger partial charge in [0.05, 0.1) is 12.8 Å². The first-order valence-corrected chi connectivity index (χ1v) is 9.09. The molecule has 0 unspecified atom stereocenters. The monoisotopic (exact) mass is 376 g/mol. The third-order valence-corrected chi connectivity index (χ3v) is 4.95. The van der Waals surface area contributed by atoms with E-state index in [9.17, 15) is 14.0 Å². The molecule has 1 aromatic heterocycles. The van der Waals surface area contributed by atoms with Crippen LogP contribution in [0.3, 0.4) is 0 Å². The molecule has 3 rings (SSSR count). The van der Waals surface area contributed by atoms with Crippen LogP contribution in [0.25, 0.3) is 0 Å². The first-order valence-electron chi connectivity index (χ1n) is 9.09. The van der Waals surface area contributed by atoms with Gasteiger partial charge in [-0.2, -0.15) is 0 Å². The predicted octanol–water partition coefficient (Wildman–Crippen LogP) is 1.21. The molecule has 27 heavy (non-hydrogen) atoms. The van der Waals surface area contributed by atoms with E-state index in [1.54, 1.807) is 20.1 Å². The SMILES string of the molecule is COc1ccc(F)cc1N1CCN(CCCn2c(=O)[nH]cc(C)c2=O)CC1. The van der Waals surface area contributed by atoms with Crippen LogP contribution in [-0.2, 0) is 6.54 Å². The van der Waals surface area contributed by atoms with Crippen molar-refractivity contribution in [1.82, 2.24) is 14.5 Å². The molecule has 0 aliphatic carbocycles. The molecule has 7 nitrogen and oxygen atoms in total. The first kappa shape index (κ1) is 19.2. The summed E-state index contributed by atoms with van der Waals surface area (Å²) in [5.41, 5.74) is 0.706. The number of piperazine rings is 1. The van der Waals surface area contributed by atoms with E-state index in [1.165, 1.54) is 22.9 Å². The van der Waals surface area contributed by atoms with Crippen molar-refractivity contribution < 1.29 is 9.13 Å². The van der Waals surface area contributed by atoms with Crippen LogP contribution in [0.5, 0.6) is 5.75 Å². The van der Waals surface area contributed by atoms with Gasteiger partial charge in [-0.05, 0) is 32.0 Å². The normalized spacial score (nSPS) is 15.1. The highest BCUT2D eigenvalue weighted by molar-refractivity contribution is 5.59. The van der Waals surface area contributed by atoms with Crippen molar-refractivity contribution in [1.29, 1.82) is 0 Å². The number of anilines is 1. The van der Waals surface area contributed by atoms with E-state index in [4.69, 9.17) is 4.74 Å². The van der Waals surface area contributed by atoms with Gasteiger partial charge in [-0.25, -0.2) is 9.18 Å². The van der Waals surface area contributed by atoms with Crippen LogP contribution in [-0.4, -0.2) is 54.3 Å². The van der Waals surface area contributed by atoms with Crippen molar-refractivity contribution in [2.45, 2.75) is 19.9 Å². The molecule has 0 spiro atoms. The van der Waals surface area contributed by atoms with Gasteiger partial charge < -0.3 is 14.6 Å². The highest BCUT2D eigenvalue weighted by Gasteiger charge is 2.20. The standard InChI is InChI=1S/C19H25FN4O3/c1-14-13-21-19(26)24(18(14)25)7-3-6-22-8-10-23(11-9-22)16-12-15(20)4-5-17(16)27-2/h4-5,12-13H,3,6-11H2,1-2H3,(H,21,26). The van der Waals surface area contributed by atoms with Gasteiger partial charge >= 0.3 is 5.69 Å². The molecule has 146 valence electrons. The number of ether oxygens (including phenoxy) is 1. The molecule has 0 amide bonds. The molecule has 0 radical (unpaired) electrons. The zero-order valence-electron chi connectivity index (χ0n) is 15.7. The Labute approximate surface area is 157 Å². The fraction of sp³-hybridized carbons (Fsp3) is 0.474. The summed E-state index contributed by atoms with van der Waals surface area (Å²) in [5, 5.41) is 0. The van der Waals surface area contributed by atoms with Gasteiger partial charge in [0.1, 0.15) is 11.6 Å². The second-order valence-electron chi connectivity index (χ2n) is 6.73. The maximum atomic E-state index is 13.6. The van der Waals surface area contributed by atoms with E-state index in [0.29, 0.717) is 17.9 Å². The van der Waals surface area contributed by atoms with Crippen LogP contribution in [0.4, 0.5) is 10.1 Å². The summed E-state index contributed by atoms with van der Waals surface area (Å²) in [4.78, 5) is 30.8. The Bertz CT molecular complexity index is 901. The maximum absolute atomic E-state index is 13.6. The molecule has 1 fully saturated rings. The second kappa shape index (κ2) is 8.39. The fourth-order valence-electron chi connectivity index (χ4n) is 3.39. The molecule has 0 saturated carbocycles. The van der Waals surface area contributed by atoms with Gasteiger partial charge in [-0.1, -0.05) is 0 Å². The minimum atomic E-state index is -0.367. The minimum Gasteiger partial charge on any atom is -0.495 e. The van der Waals surface area contributed by atoms with Gasteiger partial charge in [0.2, 0.25) is 0 Å². The molecule has 1 aromatic carbocycles. The third kappa shape index (κ3) is 4.39. The Morgan fingerprint density at radius 2 is 1.89 bits per heavy atom. The first-order chi connectivity index (χ1) is 13.0. The highest BCUT2D eigenvalue weighted by Crippen LogP contribution is 2.29. The summed E-state index contributed by atoms with van der Waals surface area (Å²) in [6, 6.07) is 4.55. The number of halogens is 1. The summed E-state index contributed by atoms with van der Waals surface area (Å²) in [6.07, 6.45) is 2.16. The van der Waals surface area contributed by atoms with Crippen LogP contribution in [0.1, 0.15) is 12.0 Å². The van der Waals surface area contributed by atoms with Gasteiger partial charge in [-0.3, -0.25) is 14.3 Å². The largest absolute Gasteiger partial charge is 0.495 e. The maximum Gasteiger partial charge on any atom is 0.328 e. The van der Waals surface area contributed by atoms with E-state index >= 15 is 0 Å². The number of methoxy groups -OCH3 is 1. The average molecular weight is 376 g/mol. The second-order valence-corrected chi connectivity index (χ2v) is 6.73. The summed E-state index contributed by atoms with van der Waals surface area (Å²) >= 11 is 0. The molecular weight excluding hydrogens is 351 g/mol. The Hall–Kier alpha value is -2.61. The van der Waals surface area contributed by atoms with Crippen molar-refractivity contribution >= 4 is 5.69 Å². The lowest BCUT2D eigenvalue weighted by Gasteiger charge is -2.36. The number of aromatic amines is 1. The van der Waals surface area contributed by atoms with Gasteiger partial charge in [-0.15, -0.1) is 0 Å². The molecule has 8 heteroatoms. The number of nitrogens with zero attached hydrogens (tertiary/aromatic N) is 3.